The summed E-state index contributed by atoms with van der Waals surface area (Å²) in [7, 11) is 0. The van der Waals surface area contributed by atoms with Crippen LogP contribution in [0, 0.1) is 12.8 Å². The van der Waals surface area contributed by atoms with Crippen LogP contribution in [0.5, 0.6) is 0 Å². The molecule has 1 N–H and O–H groups in total. The Labute approximate surface area is 191 Å². The lowest BCUT2D eigenvalue weighted by atomic mass is 10.1. The van der Waals surface area contributed by atoms with E-state index in [1.165, 1.54) is 0 Å². The molecule has 0 fully saturated rings. The number of nitrogens with zero attached hydrogens (tertiary/aromatic N) is 3. The van der Waals surface area contributed by atoms with Crippen LogP contribution < -0.4 is 10.9 Å². The van der Waals surface area contributed by atoms with Crippen LogP contribution in [0.2, 0.25) is 5.02 Å². The summed E-state index contributed by atoms with van der Waals surface area (Å²) >= 11 is 6.30. The van der Waals surface area contributed by atoms with Crippen molar-refractivity contribution in [2.75, 3.05) is 6.54 Å². The molecule has 0 spiro atoms. The van der Waals surface area contributed by atoms with Gasteiger partial charge in [0, 0.05) is 17.0 Å². The topological polar surface area (TPSA) is 68.9 Å². The highest BCUT2D eigenvalue weighted by Crippen LogP contribution is 2.26. The van der Waals surface area contributed by atoms with Crippen LogP contribution in [0.15, 0.2) is 53.6 Å². The Kier molecular flexibility index (Phi) is 6.33. The van der Waals surface area contributed by atoms with Crippen LogP contribution in [0.25, 0.3) is 21.9 Å². The van der Waals surface area contributed by atoms with Gasteiger partial charge < -0.3 is 9.88 Å². The van der Waals surface area contributed by atoms with E-state index in [0.29, 0.717) is 35.1 Å². The van der Waals surface area contributed by atoms with Crippen LogP contribution in [0.3, 0.4) is 0 Å². The summed E-state index contributed by atoms with van der Waals surface area (Å²) < 4.78 is 3.33. The maximum Gasteiger partial charge on any atom is 0.278 e. The van der Waals surface area contributed by atoms with Crippen LogP contribution in [-0.4, -0.2) is 26.6 Å². The molecule has 0 radical (unpaired) electrons. The normalized spacial score (nSPS) is 11.5. The van der Waals surface area contributed by atoms with Gasteiger partial charge in [-0.1, -0.05) is 55.3 Å². The van der Waals surface area contributed by atoms with Crippen molar-refractivity contribution in [3.63, 3.8) is 0 Å². The number of aromatic nitrogens is 3. The lowest BCUT2D eigenvalue weighted by molar-refractivity contribution is -0.121. The third-order valence-electron chi connectivity index (χ3n) is 5.63. The van der Waals surface area contributed by atoms with E-state index in [1.807, 2.05) is 43.3 Å². The minimum Gasteiger partial charge on any atom is -0.355 e. The molecule has 2 aromatic carbocycles. The second-order valence-electron chi connectivity index (χ2n) is 8.61. The number of hydrogen-bond acceptors (Lipinski definition) is 3. The van der Waals surface area contributed by atoms with E-state index < -0.39 is 0 Å². The lowest BCUT2D eigenvalue weighted by Crippen LogP contribution is -2.30. The first-order valence-electron chi connectivity index (χ1n) is 10.8. The molecule has 4 aromatic rings. The van der Waals surface area contributed by atoms with E-state index in [4.69, 9.17) is 11.6 Å². The van der Waals surface area contributed by atoms with E-state index in [9.17, 15) is 9.59 Å². The highest BCUT2D eigenvalue weighted by molar-refractivity contribution is 6.31. The number of halogens is 1. The summed E-state index contributed by atoms with van der Waals surface area (Å²) in [6.07, 6.45) is 2.47. The van der Waals surface area contributed by atoms with Gasteiger partial charge >= 0.3 is 0 Å². The third kappa shape index (κ3) is 4.41. The largest absolute Gasteiger partial charge is 0.355 e. The number of benzene rings is 2. The van der Waals surface area contributed by atoms with Gasteiger partial charge in [0.1, 0.15) is 17.6 Å². The molecular weight excluding hydrogens is 424 g/mol. The van der Waals surface area contributed by atoms with Crippen molar-refractivity contribution in [1.82, 2.24) is 19.4 Å². The van der Waals surface area contributed by atoms with Gasteiger partial charge in [0.25, 0.3) is 5.56 Å². The Hall–Kier alpha value is -3.12. The van der Waals surface area contributed by atoms with Crippen LogP contribution in [-0.2, 0) is 17.9 Å². The van der Waals surface area contributed by atoms with E-state index in [-0.39, 0.29) is 18.0 Å². The van der Waals surface area contributed by atoms with Gasteiger partial charge in [0.15, 0.2) is 0 Å². The zero-order valence-electron chi connectivity index (χ0n) is 18.6. The SMILES string of the molecule is Cc1ccc2c(c1)c1ncn(Cc3ccccc3Cl)c(=O)c1n2CC(=O)NCCC(C)C. The third-order valence-corrected chi connectivity index (χ3v) is 5.99. The maximum absolute atomic E-state index is 13.5. The van der Waals surface area contributed by atoms with Crippen LogP contribution in [0.4, 0.5) is 0 Å². The number of carbonyl (C=O) groups is 1. The van der Waals surface area contributed by atoms with Gasteiger partial charge in [0.05, 0.1) is 18.4 Å². The number of fused-ring (bicyclic) bond motifs is 3. The molecule has 7 heteroatoms. The minimum atomic E-state index is -0.196. The second kappa shape index (κ2) is 9.17. The molecule has 0 saturated heterocycles. The Morgan fingerprint density at radius 1 is 1.19 bits per heavy atom. The van der Waals surface area contributed by atoms with E-state index in [0.717, 1.165) is 28.5 Å². The fourth-order valence-electron chi connectivity index (χ4n) is 3.90. The van der Waals surface area contributed by atoms with Gasteiger partial charge in [-0.25, -0.2) is 4.98 Å². The zero-order valence-corrected chi connectivity index (χ0v) is 19.3. The Morgan fingerprint density at radius 3 is 2.72 bits per heavy atom. The van der Waals surface area contributed by atoms with Gasteiger partial charge in [-0.15, -0.1) is 0 Å². The summed E-state index contributed by atoms with van der Waals surface area (Å²) in [5.41, 5.74) is 3.57. The van der Waals surface area contributed by atoms with Crippen molar-refractivity contribution in [2.24, 2.45) is 5.92 Å². The molecule has 4 rings (SSSR count). The average molecular weight is 451 g/mol. The molecular formula is C25H27ClN4O2. The Morgan fingerprint density at radius 2 is 1.97 bits per heavy atom. The number of nitrogens with one attached hydrogen (secondary N) is 1. The first-order valence-corrected chi connectivity index (χ1v) is 11.2. The minimum absolute atomic E-state index is 0.0637. The van der Waals surface area contributed by atoms with Crippen LogP contribution in [0.1, 0.15) is 31.4 Å². The highest BCUT2D eigenvalue weighted by atomic mass is 35.5. The summed E-state index contributed by atoms with van der Waals surface area (Å²) in [6.45, 7) is 7.22. The zero-order chi connectivity index (χ0) is 22.8. The number of aryl methyl sites for hydroxylation is 1. The molecule has 0 aliphatic carbocycles. The smallest absolute Gasteiger partial charge is 0.278 e. The summed E-state index contributed by atoms with van der Waals surface area (Å²) in [5.74, 6) is 0.388. The first kappa shape index (κ1) is 22.1. The molecule has 32 heavy (non-hydrogen) atoms. The predicted molar refractivity (Wildman–Crippen MR) is 129 cm³/mol. The first-order chi connectivity index (χ1) is 15.3. The number of hydrogen-bond donors (Lipinski definition) is 1. The summed E-state index contributed by atoms with van der Waals surface area (Å²) in [6, 6.07) is 13.4. The molecule has 2 heterocycles. The standard InChI is InChI=1S/C25H27ClN4O2/c1-16(2)10-11-27-22(31)14-30-21-9-8-17(3)12-19(21)23-24(30)25(32)29(15-28-23)13-18-6-4-5-7-20(18)26/h4-9,12,15-16H,10-11,13-14H2,1-3H3,(H,27,31). The molecule has 6 nitrogen and oxygen atoms in total. The molecule has 2 aromatic heterocycles. The van der Waals surface area contributed by atoms with E-state index >= 15 is 0 Å². The summed E-state index contributed by atoms with van der Waals surface area (Å²) in [5, 5.41) is 4.44. The van der Waals surface area contributed by atoms with E-state index in [1.54, 1.807) is 21.5 Å². The predicted octanol–water partition coefficient (Wildman–Crippen LogP) is 4.52. The van der Waals surface area contributed by atoms with Gasteiger partial charge in [-0.05, 0) is 43.0 Å². The number of amides is 1. The number of rotatable bonds is 7. The van der Waals surface area contributed by atoms with Crippen molar-refractivity contribution in [3.8, 4) is 0 Å². The monoisotopic (exact) mass is 450 g/mol. The quantitative estimate of drug-likeness (QED) is 0.450. The van der Waals surface area contributed by atoms with Crippen molar-refractivity contribution in [3.05, 3.63) is 75.3 Å². The van der Waals surface area contributed by atoms with Crippen molar-refractivity contribution in [1.29, 1.82) is 0 Å². The average Bonchev–Trinajstić information content (AvgIpc) is 3.04. The van der Waals surface area contributed by atoms with Gasteiger partial charge in [-0.3, -0.25) is 14.2 Å². The highest BCUT2D eigenvalue weighted by Gasteiger charge is 2.19. The second-order valence-corrected chi connectivity index (χ2v) is 9.01. The van der Waals surface area contributed by atoms with Crippen LogP contribution >= 0.6 is 11.6 Å². The Balaban J connectivity index is 1.80. The molecule has 0 saturated carbocycles. The summed E-state index contributed by atoms with van der Waals surface area (Å²) in [4.78, 5) is 30.8. The fraction of sp³-hybridized carbons (Fsp3) is 0.320. The molecule has 0 aliphatic rings. The molecule has 0 unspecified atom stereocenters. The molecule has 0 aliphatic heterocycles. The fourth-order valence-corrected chi connectivity index (χ4v) is 4.10. The molecule has 0 atom stereocenters. The van der Waals surface area contributed by atoms with Crippen molar-refractivity contribution in [2.45, 2.75) is 40.3 Å². The Bertz CT molecular complexity index is 1350. The van der Waals surface area contributed by atoms with Crippen molar-refractivity contribution < 1.29 is 4.79 Å². The molecule has 1 amide bonds. The maximum atomic E-state index is 13.5. The van der Waals surface area contributed by atoms with Gasteiger partial charge in [0.2, 0.25) is 5.91 Å². The van der Waals surface area contributed by atoms with Gasteiger partial charge in [-0.2, -0.15) is 0 Å². The molecule has 166 valence electrons. The van der Waals surface area contributed by atoms with Crippen molar-refractivity contribution >= 4 is 39.4 Å². The lowest BCUT2D eigenvalue weighted by Gasteiger charge is -2.11. The molecule has 0 bridgehead atoms. The number of carbonyl (C=O) groups excluding carboxylic acids is 1. The van der Waals surface area contributed by atoms with E-state index in [2.05, 4.69) is 24.1 Å².